The number of oxazole rings is 1. The molecular weight excluding hydrogens is 324 g/mol. The molecule has 1 N–H and O–H groups in total. The molecule has 122 valence electrons. The van der Waals surface area contributed by atoms with Gasteiger partial charge in [0, 0.05) is 17.5 Å². The molecule has 3 aromatic carbocycles. The zero-order valence-corrected chi connectivity index (χ0v) is 13.6. The van der Waals surface area contributed by atoms with Gasteiger partial charge in [0.2, 0.25) is 5.89 Å². The second-order valence-electron chi connectivity index (χ2n) is 5.69. The highest BCUT2D eigenvalue weighted by molar-refractivity contribution is 5.87. The fraction of sp³-hybridized carbons (Fsp3) is 0. The van der Waals surface area contributed by atoms with Gasteiger partial charge in [-0.3, -0.25) is 0 Å². The summed E-state index contributed by atoms with van der Waals surface area (Å²) in [5, 5.41) is 22.8. The number of hydrogen-bond donors (Lipinski definition) is 1. The van der Waals surface area contributed by atoms with Crippen LogP contribution < -0.4 is 5.32 Å². The Morgan fingerprint density at radius 2 is 1.77 bits per heavy atom. The second kappa shape index (κ2) is 6.43. The molecule has 0 bridgehead atoms. The minimum absolute atomic E-state index is 0.00195. The first-order chi connectivity index (χ1) is 12.8. The molecule has 4 aromatic rings. The van der Waals surface area contributed by atoms with Crippen LogP contribution in [0.1, 0.15) is 0 Å². The number of rotatable bonds is 3. The smallest absolute Gasteiger partial charge is 0.227 e. The first-order valence-electron chi connectivity index (χ1n) is 7.93. The fourth-order valence-electron chi connectivity index (χ4n) is 2.71. The maximum absolute atomic E-state index is 8.77. The lowest BCUT2D eigenvalue weighted by Crippen LogP contribution is -1.89. The van der Waals surface area contributed by atoms with E-state index >= 15 is 0 Å². The lowest BCUT2D eigenvalue weighted by atomic mass is 10.1. The summed E-state index contributed by atoms with van der Waals surface area (Å²) in [7, 11) is 0. The van der Waals surface area contributed by atoms with Crippen LogP contribution in [0.5, 0.6) is 0 Å². The van der Waals surface area contributed by atoms with Crippen LogP contribution in [-0.2, 0) is 0 Å². The highest BCUT2D eigenvalue weighted by Crippen LogP contribution is 2.28. The van der Waals surface area contributed by atoms with Crippen LogP contribution in [0, 0.1) is 22.7 Å². The number of fused-ring (bicyclic) bond motifs is 2. The minimum atomic E-state index is 0.00195. The van der Waals surface area contributed by atoms with Crippen molar-refractivity contribution in [2.75, 3.05) is 5.32 Å². The fourth-order valence-corrected chi connectivity index (χ4v) is 2.71. The summed E-state index contributed by atoms with van der Waals surface area (Å²) in [5.41, 5.74) is 3.00. The summed E-state index contributed by atoms with van der Waals surface area (Å²) >= 11 is 0. The summed E-state index contributed by atoms with van der Waals surface area (Å²) < 4.78 is 5.87. The number of aromatic nitrogens is 1. The van der Waals surface area contributed by atoms with Crippen molar-refractivity contribution >= 4 is 27.6 Å². The molecule has 0 saturated carbocycles. The summed E-state index contributed by atoms with van der Waals surface area (Å²) in [6.45, 7) is 0. The van der Waals surface area contributed by atoms with E-state index in [1.165, 1.54) is 6.20 Å². The van der Waals surface area contributed by atoms with Crippen LogP contribution in [0.3, 0.4) is 0 Å². The van der Waals surface area contributed by atoms with Crippen LogP contribution >= 0.6 is 0 Å². The predicted octanol–water partition coefficient (Wildman–Crippen LogP) is 4.99. The summed E-state index contributed by atoms with van der Waals surface area (Å²) in [4.78, 5) is 4.56. The van der Waals surface area contributed by atoms with Gasteiger partial charge in [0.1, 0.15) is 23.2 Å². The first-order valence-corrected chi connectivity index (χ1v) is 7.93. The standard InChI is InChI=1S/C21H12N4O/c22-11-14(12-23)13-24-18-7-8-20-19(10-18)25-21(26-20)17-6-5-15-3-1-2-4-16(15)9-17/h1-10,13,24H. The molecule has 0 aliphatic carbocycles. The third-order valence-electron chi connectivity index (χ3n) is 4.01. The first kappa shape index (κ1) is 15.4. The Morgan fingerprint density at radius 1 is 0.962 bits per heavy atom. The molecule has 1 aromatic heterocycles. The van der Waals surface area contributed by atoms with Crippen molar-refractivity contribution in [3.8, 4) is 23.6 Å². The SMILES string of the molecule is N#CC(C#N)=CNc1ccc2oc(-c3ccc4ccccc4c3)nc2c1. The number of allylic oxidation sites excluding steroid dienone is 1. The molecule has 1 heterocycles. The Bertz CT molecular complexity index is 1220. The Balaban J connectivity index is 1.70. The van der Waals surface area contributed by atoms with Crippen LogP contribution in [0.25, 0.3) is 33.3 Å². The summed E-state index contributed by atoms with van der Waals surface area (Å²) in [6, 6.07) is 23.2. The van der Waals surface area contributed by atoms with Crippen molar-refractivity contribution in [1.82, 2.24) is 4.98 Å². The third-order valence-corrected chi connectivity index (χ3v) is 4.01. The zero-order valence-electron chi connectivity index (χ0n) is 13.6. The van der Waals surface area contributed by atoms with Gasteiger partial charge in [-0.05, 0) is 41.1 Å². The van der Waals surface area contributed by atoms with Crippen LogP contribution in [0.2, 0.25) is 0 Å². The maximum atomic E-state index is 8.77. The van der Waals surface area contributed by atoms with E-state index in [0.29, 0.717) is 17.0 Å². The predicted molar refractivity (Wildman–Crippen MR) is 99.9 cm³/mol. The van der Waals surface area contributed by atoms with E-state index < -0.39 is 0 Å². The Labute approximate surface area is 149 Å². The van der Waals surface area contributed by atoms with Crippen molar-refractivity contribution in [3.63, 3.8) is 0 Å². The van der Waals surface area contributed by atoms with Gasteiger partial charge in [0.15, 0.2) is 5.58 Å². The quantitative estimate of drug-likeness (QED) is 0.533. The number of nitrogens with zero attached hydrogens (tertiary/aromatic N) is 3. The topological polar surface area (TPSA) is 85.6 Å². The molecule has 0 spiro atoms. The Kier molecular flexibility index (Phi) is 3.82. The molecule has 5 nitrogen and oxygen atoms in total. The molecule has 0 saturated heterocycles. The molecular formula is C21H12N4O. The highest BCUT2D eigenvalue weighted by atomic mass is 16.3. The van der Waals surface area contributed by atoms with Crippen LogP contribution in [0.4, 0.5) is 5.69 Å². The largest absolute Gasteiger partial charge is 0.436 e. The zero-order chi connectivity index (χ0) is 17.9. The van der Waals surface area contributed by atoms with E-state index in [9.17, 15) is 0 Å². The van der Waals surface area contributed by atoms with Gasteiger partial charge in [0.25, 0.3) is 0 Å². The van der Waals surface area contributed by atoms with E-state index in [0.717, 1.165) is 22.0 Å². The number of anilines is 1. The van der Waals surface area contributed by atoms with Crippen molar-refractivity contribution in [2.24, 2.45) is 0 Å². The van der Waals surface area contributed by atoms with Gasteiger partial charge in [-0.1, -0.05) is 30.3 Å². The number of nitriles is 2. The normalized spacial score (nSPS) is 10.2. The average molecular weight is 336 g/mol. The summed E-state index contributed by atoms with van der Waals surface area (Å²) in [5.74, 6) is 0.549. The van der Waals surface area contributed by atoms with Crippen molar-refractivity contribution in [2.45, 2.75) is 0 Å². The Hall–Kier alpha value is -4.09. The molecule has 0 atom stereocenters. The number of nitrogens with one attached hydrogen (secondary N) is 1. The molecule has 0 fully saturated rings. The van der Waals surface area contributed by atoms with Gasteiger partial charge in [0.05, 0.1) is 0 Å². The second-order valence-corrected chi connectivity index (χ2v) is 5.69. The lowest BCUT2D eigenvalue weighted by molar-refractivity contribution is 0.620. The summed E-state index contributed by atoms with van der Waals surface area (Å²) in [6.07, 6.45) is 1.37. The molecule has 0 amide bonds. The van der Waals surface area contributed by atoms with Gasteiger partial charge in [-0.15, -0.1) is 0 Å². The van der Waals surface area contributed by atoms with Gasteiger partial charge < -0.3 is 9.73 Å². The van der Waals surface area contributed by atoms with Gasteiger partial charge in [-0.25, -0.2) is 4.98 Å². The van der Waals surface area contributed by atoms with Crippen molar-refractivity contribution in [1.29, 1.82) is 10.5 Å². The third kappa shape index (κ3) is 2.86. The molecule has 0 unspecified atom stereocenters. The van der Waals surface area contributed by atoms with E-state index in [1.807, 2.05) is 42.5 Å². The van der Waals surface area contributed by atoms with Gasteiger partial charge >= 0.3 is 0 Å². The molecule has 5 heteroatoms. The molecule has 0 radical (unpaired) electrons. The number of hydrogen-bond acceptors (Lipinski definition) is 5. The lowest BCUT2D eigenvalue weighted by Gasteiger charge is -1.99. The highest BCUT2D eigenvalue weighted by Gasteiger charge is 2.09. The van der Waals surface area contributed by atoms with Crippen molar-refractivity contribution < 1.29 is 4.42 Å². The van der Waals surface area contributed by atoms with Crippen molar-refractivity contribution in [3.05, 3.63) is 72.4 Å². The molecule has 0 aliphatic rings. The maximum Gasteiger partial charge on any atom is 0.227 e. The molecule has 26 heavy (non-hydrogen) atoms. The van der Waals surface area contributed by atoms with E-state index in [4.69, 9.17) is 14.9 Å². The average Bonchev–Trinajstić information content (AvgIpc) is 3.12. The Morgan fingerprint density at radius 3 is 2.58 bits per heavy atom. The van der Waals surface area contributed by atoms with Gasteiger partial charge in [-0.2, -0.15) is 10.5 Å². The number of benzene rings is 3. The monoisotopic (exact) mass is 336 g/mol. The van der Waals surface area contributed by atoms with E-state index in [-0.39, 0.29) is 5.57 Å². The van der Waals surface area contributed by atoms with Crippen LogP contribution in [0.15, 0.2) is 76.9 Å². The van der Waals surface area contributed by atoms with E-state index in [2.05, 4.69) is 22.4 Å². The molecule has 0 aliphatic heterocycles. The molecule has 4 rings (SSSR count). The van der Waals surface area contributed by atoms with E-state index in [1.54, 1.807) is 18.2 Å². The minimum Gasteiger partial charge on any atom is -0.436 e. The van der Waals surface area contributed by atoms with Crippen LogP contribution in [-0.4, -0.2) is 4.98 Å².